The van der Waals surface area contributed by atoms with Gasteiger partial charge in [-0.2, -0.15) is 0 Å². The quantitative estimate of drug-likeness (QED) is 0.482. The third-order valence-electron chi connectivity index (χ3n) is 4.10. The van der Waals surface area contributed by atoms with E-state index in [9.17, 15) is 14.9 Å². The first-order chi connectivity index (χ1) is 10.5. The van der Waals surface area contributed by atoms with E-state index in [4.69, 9.17) is 9.47 Å². The maximum Gasteiger partial charge on any atom is 0.338 e. The fourth-order valence-corrected chi connectivity index (χ4v) is 2.75. The van der Waals surface area contributed by atoms with Crippen molar-refractivity contribution in [2.24, 2.45) is 0 Å². The number of anilines is 1. The van der Waals surface area contributed by atoms with E-state index in [1.165, 1.54) is 19.2 Å². The van der Waals surface area contributed by atoms with E-state index in [0.29, 0.717) is 24.5 Å². The Morgan fingerprint density at radius 2 is 2.05 bits per heavy atom. The summed E-state index contributed by atoms with van der Waals surface area (Å²) in [6.45, 7) is 3.13. The molecule has 0 unspecified atom stereocenters. The van der Waals surface area contributed by atoms with Crippen LogP contribution in [0.1, 0.15) is 28.8 Å². The monoisotopic (exact) mass is 308 g/mol. The lowest BCUT2D eigenvalue weighted by molar-refractivity contribution is -0.384. The second-order valence-corrected chi connectivity index (χ2v) is 5.34. The highest BCUT2D eigenvalue weighted by Crippen LogP contribution is 2.31. The number of carbonyl (C=O) groups is 1. The van der Waals surface area contributed by atoms with Gasteiger partial charge in [0.05, 0.1) is 17.6 Å². The minimum Gasteiger partial charge on any atom is -0.465 e. The van der Waals surface area contributed by atoms with Crippen LogP contribution in [-0.2, 0) is 9.47 Å². The Labute approximate surface area is 129 Å². The van der Waals surface area contributed by atoms with Crippen molar-refractivity contribution in [3.05, 3.63) is 33.4 Å². The van der Waals surface area contributed by atoms with Crippen molar-refractivity contribution in [2.45, 2.75) is 25.8 Å². The van der Waals surface area contributed by atoms with E-state index in [1.54, 1.807) is 6.92 Å². The van der Waals surface area contributed by atoms with Crippen LogP contribution in [0.5, 0.6) is 0 Å². The first-order valence-corrected chi connectivity index (χ1v) is 7.13. The van der Waals surface area contributed by atoms with Gasteiger partial charge >= 0.3 is 5.97 Å². The highest BCUT2D eigenvalue weighted by molar-refractivity contribution is 5.94. The predicted molar refractivity (Wildman–Crippen MR) is 81.4 cm³/mol. The molecule has 1 saturated heterocycles. The number of nitrogens with zero attached hydrogens (tertiary/aromatic N) is 2. The number of ether oxygens (including phenoxy) is 2. The lowest BCUT2D eigenvalue weighted by Crippen LogP contribution is -2.37. The number of benzene rings is 1. The van der Waals surface area contributed by atoms with Gasteiger partial charge in [-0.15, -0.1) is 0 Å². The van der Waals surface area contributed by atoms with Crippen LogP contribution in [0.2, 0.25) is 0 Å². The van der Waals surface area contributed by atoms with Crippen LogP contribution < -0.4 is 4.90 Å². The Balaban J connectivity index is 2.46. The highest BCUT2D eigenvalue weighted by atomic mass is 16.6. The molecule has 1 aliphatic heterocycles. The molecule has 1 aliphatic rings. The number of esters is 1. The van der Waals surface area contributed by atoms with E-state index >= 15 is 0 Å². The zero-order valence-corrected chi connectivity index (χ0v) is 13.0. The van der Waals surface area contributed by atoms with Gasteiger partial charge in [-0.1, -0.05) is 0 Å². The zero-order chi connectivity index (χ0) is 16.3. The van der Waals surface area contributed by atoms with E-state index in [2.05, 4.69) is 0 Å². The lowest BCUT2D eigenvalue weighted by atomic mass is 10.0. The molecule has 7 heteroatoms. The van der Waals surface area contributed by atoms with Gasteiger partial charge < -0.3 is 14.4 Å². The maximum absolute atomic E-state index is 11.9. The van der Waals surface area contributed by atoms with Gasteiger partial charge in [-0.3, -0.25) is 10.1 Å². The Morgan fingerprint density at radius 3 is 2.59 bits per heavy atom. The van der Waals surface area contributed by atoms with Gasteiger partial charge in [0.15, 0.2) is 0 Å². The standard InChI is InChI=1S/C15H20N2O5/c1-10-13(15(18)21-3)8-12(17(19)20)9-14(10)16(2)11-4-6-22-7-5-11/h8-9,11H,4-7H2,1-3H3. The minimum absolute atomic E-state index is 0.111. The van der Waals surface area contributed by atoms with E-state index in [-0.39, 0.29) is 17.3 Å². The summed E-state index contributed by atoms with van der Waals surface area (Å²) >= 11 is 0. The van der Waals surface area contributed by atoms with Crippen molar-refractivity contribution in [1.82, 2.24) is 0 Å². The fraction of sp³-hybridized carbons (Fsp3) is 0.533. The Morgan fingerprint density at radius 1 is 1.41 bits per heavy atom. The summed E-state index contributed by atoms with van der Waals surface area (Å²) in [6, 6.07) is 3.01. The molecule has 1 aromatic carbocycles. The molecular formula is C15H20N2O5. The molecule has 1 heterocycles. The smallest absolute Gasteiger partial charge is 0.338 e. The number of non-ortho nitro benzene ring substituents is 1. The first-order valence-electron chi connectivity index (χ1n) is 7.13. The normalized spacial score (nSPS) is 15.4. The zero-order valence-electron chi connectivity index (χ0n) is 13.0. The minimum atomic E-state index is -0.567. The topological polar surface area (TPSA) is 81.9 Å². The summed E-state index contributed by atoms with van der Waals surface area (Å²) in [4.78, 5) is 24.5. The second-order valence-electron chi connectivity index (χ2n) is 5.34. The summed E-state index contributed by atoms with van der Waals surface area (Å²) in [7, 11) is 3.16. The van der Waals surface area contributed by atoms with Crippen LogP contribution >= 0.6 is 0 Å². The van der Waals surface area contributed by atoms with Crippen LogP contribution in [0.3, 0.4) is 0 Å². The number of carbonyl (C=O) groups excluding carboxylic acids is 1. The van der Waals surface area contributed by atoms with Gasteiger partial charge in [0.1, 0.15) is 0 Å². The Kier molecular flexibility index (Phi) is 4.97. The molecule has 7 nitrogen and oxygen atoms in total. The van der Waals surface area contributed by atoms with Gasteiger partial charge in [0.25, 0.3) is 5.69 Å². The third-order valence-corrected chi connectivity index (χ3v) is 4.10. The average Bonchev–Trinajstić information content (AvgIpc) is 2.54. The molecule has 0 radical (unpaired) electrons. The van der Waals surface area contributed by atoms with Crippen LogP contribution in [0.4, 0.5) is 11.4 Å². The van der Waals surface area contributed by atoms with Crippen LogP contribution in [-0.4, -0.2) is 44.3 Å². The second kappa shape index (κ2) is 6.74. The number of rotatable bonds is 4. The molecule has 2 rings (SSSR count). The number of nitro groups is 1. The molecule has 0 saturated carbocycles. The molecule has 0 aromatic heterocycles. The number of hydrogen-bond acceptors (Lipinski definition) is 6. The van der Waals surface area contributed by atoms with E-state index in [0.717, 1.165) is 12.8 Å². The molecule has 0 atom stereocenters. The number of nitro benzene ring substituents is 1. The summed E-state index contributed by atoms with van der Waals surface area (Å²) in [5.41, 5.74) is 1.48. The summed E-state index contributed by atoms with van der Waals surface area (Å²) in [6.07, 6.45) is 1.71. The van der Waals surface area contributed by atoms with Crippen molar-refractivity contribution < 1.29 is 19.2 Å². The molecule has 1 fully saturated rings. The van der Waals surface area contributed by atoms with Gasteiger partial charge in [-0.05, 0) is 25.3 Å². The number of methoxy groups -OCH3 is 1. The molecule has 0 spiro atoms. The Hall–Kier alpha value is -2.15. The van der Waals surface area contributed by atoms with Crippen molar-refractivity contribution in [3.63, 3.8) is 0 Å². The van der Waals surface area contributed by atoms with Crippen molar-refractivity contribution in [1.29, 1.82) is 0 Å². The van der Waals surface area contributed by atoms with Crippen molar-refractivity contribution in [2.75, 3.05) is 32.3 Å². The lowest BCUT2D eigenvalue weighted by Gasteiger charge is -2.34. The number of hydrogen-bond donors (Lipinski definition) is 0. The highest BCUT2D eigenvalue weighted by Gasteiger charge is 2.25. The largest absolute Gasteiger partial charge is 0.465 e. The summed E-state index contributed by atoms with van der Waals surface area (Å²) in [5.74, 6) is -0.567. The third kappa shape index (κ3) is 3.19. The molecule has 1 aromatic rings. The van der Waals surface area contributed by atoms with E-state index in [1.807, 2.05) is 11.9 Å². The Bertz CT molecular complexity index is 582. The SMILES string of the molecule is COC(=O)c1cc([N+](=O)[O-])cc(N(C)C2CCOCC2)c1C. The fourth-order valence-electron chi connectivity index (χ4n) is 2.75. The molecule has 120 valence electrons. The molecule has 22 heavy (non-hydrogen) atoms. The molecule has 0 N–H and O–H groups in total. The van der Waals surface area contributed by atoms with Crippen LogP contribution in [0, 0.1) is 17.0 Å². The molecule has 0 amide bonds. The molecule has 0 bridgehead atoms. The summed E-state index contributed by atoms with van der Waals surface area (Å²) < 4.78 is 10.1. The molecule has 0 aliphatic carbocycles. The van der Waals surface area contributed by atoms with Gasteiger partial charge in [-0.25, -0.2) is 4.79 Å². The summed E-state index contributed by atoms with van der Waals surface area (Å²) in [5, 5.41) is 11.1. The van der Waals surface area contributed by atoms with Crippen molar-refractivity contribution in [3.8, 4) is 0 Å². The van der Waals surface area contributed by atoms with Gasteiger partial charge in [0.2, 0.25) is 0 Å². The van der Waals surface area contributed by atoms with Crippen molar-refractivity contribution >= 4 is 17.3 Å². The average molecular weight is 308 g/mol. The molecular weight excluding hydrogens is 288 g/mol. The van der Waals surface area contributed by atoms with Gasteiger partial charge in [0, 0.05) is 44.1 Å². The predicted octanol–water partition coefficient (Wildman–Crippen LogP) is 2.31. The van der Waals surface area contributed by atoms with E-state index < -0.39 is 10.9 Å². The van der Waals surface area contributed by atoms with Crippen LogP contribution in [0.25, 0.3) is 0 Å². The van der Waals surface area contributed by atoms with Crippen LogP contribution in [0.15, 0.2) is 12.1 Å². The maximum atomic E-state index is 11.9. The first kappa shape index (κ1) is 16.2.